The molecule has 0 amide bonds. The molecule has 4 aliphatic rings. The largest absolute Gasteiger partial charge is 0.389 e. The SMILES string of the molecule is O[C@@H]1COCC[C@H]1Nc1ncc2c(Cl)nc(C34CC(C3)C4)n2n1. The van der Waals surface area contributed by atoms with Gasteiger partial charge in [-0.2, -0.15) is 0 Å². The molecule has 2 N–H and O–H groups in total. The Hall–Kier alpha value is -1.44. The van der Waals surface area contributed by atoms with Gasteiger partial charge in [0.1, 0.15) is 11.3 Å². The first-order valence-corrected chi connectivity index (χ1v) is 8.46. The van der Waals surface area contributed by atoms with Gasteiger partial charge in [0.25, 0.3) is 0 Å². The van der Waals surface area contributed by atoms with E-state index < -0.39 is 6.10 Å². The lowest BCUT2D eigenvalue weighted by molar-refractivity contribution is -0.0357. The van der Waals surface area contributed by atoms with E-state index >= 15 is 0 Å². The first-order valence-electron chi connectivity index (χ1n) is 8.09. The number of aromatic nitrogens is 4. The van der Waals surface area contributed by atoms with Crippen molar-refractivity contribution < 1.29 is 9.84 Å². The molecule has 2 bridgehead atoms. The smallest absolute Gasteiger partial charge is 0.241 e. The van der Waals surface area contributed by atoms with Crippen molar-refractivity contribution in [3.05, 3.63) is 17.2 Å². The molecule has 3 heterocycles. The zero-order chi connectivity index (χ0) is 15.6. The summed E-state index contributed by atoms with van der Waals surface area (Å²) >= 11 is 6.26. The molecule has 8 heteroatoms. The Balaban J connectivity index is 1.49. The van der Waals surface area contributed by atoms with E-state index in [1.54, 1.807) is 6.20 Å². The van der Waals surface area contributed by atoms with Crippen LogP contribution in [0.2, 0.25) is 5.15 Å². The molecule has 2 aromatic heterocycles. The van der Waals surface area contributed by atoms with Gasteiger partial charge in [0, 0.05) is 12.0 Å². The van der Waals surface area contributed by atoms with Crippen LogP contribution in [0.25, 0.3) is 5.52 Å². The third-order valence-corrected chi connectivity index (χ3v) is 5.78. The molecule has 4 fully saturated rings. The highest BCUT2D eigenvalue weighted by Gasteiger charge is 2.60. The van der Waals surface area contributed by atoms with Crippen molar-refractivity contribution in [3.8, 4) is 0 Å². The summed E-state index contributed by atoms with van der Waals surface area (Å²) < 4.78 is 7.08. The Kier molecular flexibility index (Phi) is 2.90. The van der Waals surface area contributed by atoms with E-state index in [4.69, 9.17) is 16.3 Å². The Morgan fingerprint density at radius 1 is 1.39 bits per heavy atom. The van der Waals surface area contributed by atoms with Gasteiger partial charge in [-0.1, -0.05) is 11.6 Å². The quantitative estimate of drug-likeness (QED) is 0.881. The van der Waals surface area contributed by atoms with E-state index in [9.17, 15) is 5.11 Å². The van der Waals surface area contributed by atoms with Crippen LogP contribution in [0.15, 0.2) is 6.20 Å². The van der Waals surface area contributed by atoms with Crippen LogP contribution in [0.3, 0.4) is 0 Å². The normalized spacial score (nSPS) is 35.7. The van der Waals surface area contributed by atoms with Crippen molar-refractivity contribution in [2.24, 2.45) is 5.92 Å². The van der Waals surface area contributed by atoms with Gasteiger partial charge in [-0.25, -0.2) is 14.5 Å². The second-order valence-corrected chi connectivity index (χ2v) is 7.40. The Bertz CT molecular complexity index is 762. The molecular weight excluding hydrogens is 318 g/mol. The Morgan fingerprint density at radius 2 is 2.22 bits per heavy atom. The fourth-order valence-electron chi connectivity index (χ4n) is 4.07. The number of aliphatic hydroxyl groups excluding tert-OH is 1. The van der Waals surface area contributed by atoms with Crippen molar-refractivity contribution in [3.63, 3.8) is 0 Å². The fourth-order valence-corrected chi connectivity index (χ4v) is 4.28. The minimum atomic E-state index is -0.550. The second-order valence-electron chi connectivity index (χ2n) is 7.05. The van der Waals surface area contributed by atoms with Crippen LogP contribution in [0.4, 0.5) is 5.95 Å². The summed E-state index contributed by atoms with van der Waals surface area (Å²) in [6.07, 6.45) is 5.44. The monoisotopic (exact) mass is 335 g/mol. The number of fused-ring (bicyclic) bond motifs is 1. The zero-order valence-corrected chi connectivity index (χ0v) is 13.3. The summed E-state index contributed by atoms with van der Waals surface area (Å²) in [5.41, 5.74) is 0.911. The molecule has 0 unspecified atom stereocenters. The van der Waals surface area contributed by atoms with E-state index in [1.165, 1.54) is 19.3 Å². The number of nitrogens with zero attached hydrogens (tertiary/aromatic N) is 4. The number of rotatable bonds is 3. The maximum atomic E-state index is 10.0. The van der Waals surface area contributed by atoms with Gasteiger partial charge < -0.3 is 15.2 Å². The van der Waals surface area contributed by atoms with Crippen molar-refractivity contribution >= 4 is 23.1 Å². The number of imidazole rings is 1. The van der Waals surface area contributed by atoms with E-state index in [1.807, 2.05) is 4.52 Å². The minimum Gasteiger partial charge on any atom is -0.389 e. The topological polar surface area (TPSA) is 84.6 Å². The second kappa shape index (κ2) is 4.78. The molecule has 0 radical (unpaired) electrons. The first kappa shape index (κ1) is 13.9. The number of anilines is 1. The van der Waals surface area contributed by atoms with Crippen LogP contribution < -0.4 is 5.32 Å². The molecule has 1 aliphatic heterocycles. The van der Waals surface area contributed by atoms with Gasteiger partial charge in [-0.15, -0.1) is 5.10 Å². The summed E-state index contributed by atoms with van der Waals surface area (Å²) in [5, 5.41) is 18.3. The molecule has 1 saturated heterocycles. The third kappa shape index (κ3) is 2.00. The number of nitrogens with one attached hydrogen (secondary N) is 1. The summed E-state index contributed by atoms with van der Waals surface area (Å²) in [4.78, 5) is 8.88. The van der Waals surface area contributed by atoms with Crippen LogP contribution in [-0.4, -0.2) is 50.0 Å². The molecule has 6 rings (SSSR count). The molecule has 23 heavy (non-hydrogen) atoms. The highest BCUT2D eigenvalue weighted by atomic mass is 35.5. The lowest BCUT2D eigenvalue weighted by Crippen LogP contribution is -2.56. The van der Waals surface area contributed by atoms with Crippen molar-refractivity contribution in [1.29, 1.82) is 0 Å². The van der Waals surface area contributed by atoms with E-state index in [0.717, 1.165) is 23.7 Å². The summed E-state index contributed by atoms with van der Waals surface area (Å²) in [7, 11) is 0. The maximum Gasteiger partial charge on any atom is 0.241 e. The summed E-state index contributed by atoms with van der Waals surface area (Å²) in [6.45, 7) is 0.968. The van der Waals surface area contributed by atoms with Crippen LogP contribution in [0.5, 0.6) is 0 Å². The molecule has 2 aromatic rings. The molecule has 0 aromatic carbocycles. The molecule has 2 atom stereocenters. The van der Waals surface area contributed by atoms with Crippen molar-refractivity contribution in [1.82, 2.24) is 19.6 Å². The van der Waals surface area contributed by atoms with Gasteiger partial charge >= 0.3 is 0 Å². The van der Waals surface area contributed by atoms with Gasteiger partial charge in [-0.05, 0) is 31.6 Å². The minimum absolute atomic E-state index is 0.0985. The molecular formula is C15H18ClN5O2. The van der Waals surface area contributed by atoms with Crippen molar-refractivity contribution in [2.45, 2.75) is 43.2 Å². The average Bonchev–Trinajstić information content (AvgIpc) is 2.75. The number of halogens is 1. The Morgan fingerprint density at radius 3 is 2.91 bits per heavy atom. The average molecular weight is 336 g/mol. The number of hydrogen-bond acceptors (Lipinski definition) is 6. The molecule has 0 spiro atoms. The van der Waals surface area contributed by atoms with Gasteiger partial charge in [0.15, 0.2) is 5.15 Å². The molecule has 122 valence electrons. The molecule has 3 aliphatic carbocycles. The number of hydrogen-bond donors (Lipinski definition) is 2. The van der Waals surface area contributed by atoms with Gasteiger partial charge in [0.2, 0.25) is 5.95 Å². The number of aliphatic hydroxyl groups is 1. The van der Waals surface area contributed by atoms with E-state index in [0.29, 0.717) is 24.3 Å². The Labute approximate surface area is 138 Å². The maximum absolute atomic E-state index is 10.0. The van der Waals surface area contributed by atoms with E-state index in [2.05, 4.69) is 20.4 Å². The molecule has 7 nitrogen and oxygen atoms in total. The highest BCUT2D eigenvalue weighted by Crippen LogP contribution is 2.64. The number of ether oxygens (including phenoxy) is 1. The predicted molar refractivity (Wildman–Crippen MR) is 83.7 cm³/mol. The summed E-state index contributed by atoms with van der Waals surface area (Å²) in [5.74, 6) is 2.31. The fraction of sp³-hybridized carbons (Fsp3) is 0.667. The molecule has 3 saturated carbocycles. The van der Waals surface area contributed by atoms with Crippen molar-refractivity contribution in [2.75, 3.05) is 18.5 Å². The first-order chi connectivity index (χ1) is 11.1. The third-order valence-electron chi connectivity index (χ3n) is 5.50. The predicted octanol–water partition coefficient (Wildman–Crippen LogP) is 1.39. The van der Waals surface area contributed by atoms with Crippen LogP contribution in [-0.2, 0) is 10.2 Å². The van der Waals surface area contributed by atoms with Crippen LogP contribution >= 0.6 is 11.6 Å². The van der Waals surface area contributed by atoms with Crippen LogP contribution in [0, 0.1) is 5.92 Å². The standard InChI is InChI=1S/C15H18ClN5O2/c16-12-10-6-17-14(18-9-1-2-23-7-11(9)22)20-21(10)13(19-12)15-3-8(4-15)5-15/h6,8-9,11,22H,1-5,7H2,(H,18,20)/t8?,9-,11-,15?/m1/s1. The van der Waals surface area contributed by atoms with Gasteiger partial charge in [-0.3, -0.25) is 0 Å². The zero-order valence-electron chi connectivity index (χ0n) is 12.6. The summed E-state index contributed by atoms with van der Waals surface area (Å²) in [6, 6.07) is -0.0985. The lowest BCUT2D eigenvalue weighted by Gasteiger charge is -2.60. The lowest BCUT2D eigenvalue weighted by atomic mass is 9.44. The highest BCUT2D eigenvalue weighted by molar-refractivity contribution is 6.32. The van der Waals surface area contributed by atoms with E-state index in [-0.39, 0.29) is 11.5 Å². The van der Waals surface area contributed by atoms with Crippen LogP contribution in [0.1, 0.15) is 31.5 Å². The van der Waals surface area contributed by atoms with Gasteiger partial charge in [0.05, 0.1) is 24.9 Å².